The molecule has 0 fully saturated rings. The van der Waals surface area contributed by atoms with Crippen LogP contribution in [0.2, 0.25) is 0 Å². The number of carbonyl (C=O) groups excluding carboxylic acids is 2. The molecule has 0 aliphatic heterocycles. The first kappa shape index (κ1) is 22.9. The highest BCUT2D eigenvalue weighted by molar-refractivity contribution is 5.96. The average molecular weight is 416 g/mol. The van der Waals surface area contributed by atoms with Crippen LogP contribution in [0.4, 0.5) is 0 Å². The molecule has 2 rings (SSSR count). The van der Waals surface area contributed by atoms with Crippen LogP contribution in [0.1, 0.15) is 42.1 Å². The molecule has 0 saturated heterocycles. The van der Waals surface area contributed by atoms with Gasteiger partial charge in [0.15, 0.2) is 18.1 Å². The second kappa shape index (κ2) is 10.9. The summed E-state index contributed by atoms with van der Waals surface area (Å²) in [7, 11) is 4.37. The largest absolute Gasteiger partial charge is 0.493 e. The summed E-state index contributed by atoms with van der Waals surface area (Å²) in [5.74, 6) is 1.03. The third-order valence-electron chi connectivity index (χ3n) is 4.67. The molecule has 0 spiro atoms. The zero-order valence-electron chi connectivity index (χ0n) is 17.9. The van der Waals surface area contributed by atoms with Crippen LogP contribution in [0.25, 0.3) is 0 Å². The number of carbonyl (C=O) groups is 2. The zero-order chi connectivity index (χ0) is 22.1. The number of ether oxygens (including phenoxy) is 4. The maximum Gasteiger partial charge on any atom is 0.276 e. The lowest BCUT2D eigenvalue weighted by molar-refractivity contribution is -0.123. The minimum Gasteiger partial charge on any atom is -0.493 e. The molecule has 0 saturated carbocycles. The van der Waals surface area contributed by atoms with E-state index in [4.69, 9.17) is 18.9 Å². The monoisotopic (exact) mass is 416 g/mol. The molecule has 162 valence electrons. The van der Waals surface area contributed by atoms with Crippen molar-refractivity contribution in [3.63, 3.8) is 0 Å². The second-order valence-corrected chi connectivity index (χ2v) is 6.58. The Kier molecular flexibility index (Phi) is 8.34. The Balaban J connectivity index is 1.91. The lowest BCUT2D eigenvalue weighted by Gasteiger charge is -2.14. The van der Waals surface area contributed by atoms with Crippen LogP contribution >= 0.6 is 0 Å². The highest BCUT2D eigenvalue weighted by Crippen LogP contribution is 2.38. The molecular weight excluding hydrogens is 388 g/mol. The molecule has 0 aromatic heterocycles. The minimum absolute atomic E-state index is 0.228. The summed E-state index contributed by atoms with van der Waals surface area (Å²) in [5.41, 5.74) is 6.10. The molecule has 0 radical (unpaired) electrons. The van der Waals surface area contributed by atoms with Crippen molar-refractivity contribution in [3.05, 3.63) is 47.5 Å². The third kappa shape index (κ3) is 5.79. The molecule has 1 atom stereocenters. The molecule has 0 bridgehead atoms. The summed E-state index contributed by atoms with van der Waals surface area (Å²) in [6.45, 7) is 4.05. The Bertz CT molecular complexity index is 841. The first-order valence-electron chi connectivity index (χ1n) is 9.55. The van der Waals surface area contributed by atoms with Crippen LogP contribution in [0.5, 0.6) is 23.0 Å². The molecule has 30 heavy (non-hydrogen) atoms. The van der Waals surface area contributed by atoms with Gasteiger partial charge in [0.2, 0.25) is 5.75 Å². The maximum atomic E-state index is 12.4. The van der Waals surface area contributed by atoms with Crippen LogP contribution in [0, 0.1) is 0 Å². The number of hydrazine groups is 1. The van der Waals surface area contributed by atoms with Crippen molar-refractivity contribution < 1.29 is 28.5 Å². The van der Waals surface area contributed by atoms with Crippen LogP contribution in [0.15, 0.2) is 36.4 Å². The molecule has 2 aromatic rings. The highest BCUT2D eigenvalue weighted by Gasteiger charge is 2.17. The summed E-state index contributed by atoms with van der Waals surface area (Å²) >= 11 is 0. The van der Waals surface area contributed by atoms with Gasteiger partial charge in [0, 0.05) is 5.56 Å². The number of methoxy groups -OCH3 is 3. The summed E-state index contributed by atoms with van der Waals surface area (Å²) in [5, 5.41) is 0. The van der Waals surface area contributed by atoms with E-state index in [1.54, 1.807) is 0 Å². The van der Waals surface area contributed by atoms with Crippen molar-refractivity contribution in [2.45, 2.75) is 26.2 Å². The standard InChI is InChI=1S/C22H28N2O6/c1-6-14(2)15-7-9-17(10-8-15)30-13-20(25)23-24-22(26)16-11-18(27-3)21(29-5)19(12-16)28-4/h7-12,14H,6,13H2,1-5H3,(H,23,25)(H,24,26). The normalized spacial score (nSPS) is 11.2. The van der Waals surface area contributed by atoms with E-state index in [1.807, 2.05) is 24.3 Å². The number of hydrogen-bond acceptors (Lipinski definition) is 6. The number of nitrogens with one attached hydrogen (secondary N) is 2. The fourth-order valence-electron chi connectivity index (χ4n) is 2.72. The lowest BCUT2D eigenvalue weighted by atomic mass is 9.99. The molecule has 0 heterocycles. The van der Waals surface area contributed by atoms with Gasteiger partial charge in [-0.2, -0.15) is 0 Å². The van der Waals surface area contributed by atoms with Crippen molar-refractivity contribution in [1.29, 1.82) is 0 Å². The third-order valence-corrected chi connectivity index (χ3v) is 4.67. The van der Waals surface area contributed by atoms with Gasteiger partial charge in [-0.25, -0.2) is 0 Å². The van der Waals surface area contributed by atoms with Gasteiger partial charge in [0.1, 0.15) is 5.75 Å². The molecule has 2 aromatic carbocycles. The summed E-state index contributed by atoms with van der Waals surface area (Å²) < 4.78 is 21.1. The van der Waals surface area contributed by atoms with Gasteiger partial charge in [-0.15, -0.1) is 0 Å². The lowest BCUT2D eigenvalue weighted by Crippen LogP contribution is -2.43. The molecule has 2 amide bonds. The Labute approximate surface area is 176 Å². The predicted molar refractivity (Wildman–Crippen MR) is 112 cm³/mol. The van der Waals surface area contributed by atoms with Gasteiger partial charge in [-0.3, -0.25) is 20.4 Å². The van der Waals surface area contributed by atoms with E-state index in [0.717, 1.165) is 6.42 Å². The highest BCUT2D eigenvalue weighted by atomic mass is 16.5. The van der Waals surface area contributed by atoms with E-state index in [2.05, 4.69) is 24.7 Å². The SMILES string of the molecule is CCC(C)c1ccc(OCC(=O)NNC(=O)c2cc(OC)c(OC)c(OC)c2)cc1. The van der Waals surface area contributed by atoms with Crippen molar-refractivity contribution in [3.8, 4) is 23.0 Å². The van der Waals surface area contributed by atoms with Crippen LogP contribution in [0.3, 0.4) is 0 Å². The van der Waals surface area contributed by atoms with Crippen molar-refractivity contribution in [2.24, 2.45) is 0 Å². The van der Waals surface area contributed by atoms with Crippen molar-refractivity contribution in [1.82, 2.24) is 10.9 Å². The smallest absolute Gasteiger partial charge is 0.276 e. The fraction of sp³-hybridized carbons (Fsp3) is 0.364. The Morgan fingerprint density at radius 1 is 0.933 bits per heavy atom. The molecular formula is C22H28N2O6. The molecule has 2 N–H and O–H groups in total. The van der Waals surface area contributed by atoms with Gasteiger partial charge in [0.05, 0.1) is 21.3 Å². The molecule has 1 unspecified atom stereocenters. The Hall–Kier alpha value is -3.42. The average Bonchev–Trinajstić information content (AvgIpc) is 2.79. The Morgan fingerprint density at radius 3 is 2.03 bits per heavy atom. The summed E-state index contributed by atoms with van der Waals surface area (Å²) in [6, 6.07) is 10.6. The molecule has 0 aliphatic rings. The van der Waals surface area contributed by atoms with E-state index in [9.17, 15) is 9.59 Å². The Morgan fingerprint density at radius 2 is 1.53 bits per heavy atom. The van der Waals surface area contributed by atoms with E-state index >= 15 is 0 Å². The van der Waals surface area contributed by atoms with Crippen LogP contribution in [-0.2, 0) is 4.79 Å². The van der Waals surface area contributed by atoms with Gasteiger partial charge < -0.3 is 18.9 Å². The maximum absolute atomic E-state index is 12.4. The van der Waals surface area contributed by atoms with Crippen LogP contribution in [-0.4, -0.2) is 39.8 Å². The minimum atomic E-state index is -0.541. The first-order chi connectivity index (χ1) is 14.4. The zero-order valence-corrected chi connectivity index (χ0v) is 17.9. The molecule has 8 heteroatoms. The van der Waals surface area contributed by atoms with Gasteiger partial charge >= 0.3 is 0 Å². The van der Waals surface area contributed by atoms with Crippen LogP contribution < -0.4 is 29.8 Å². The first-order valence-corrected chi connectivity index (χ1v) is 9.55. The van der Waals surface area contributed by atoms with E-state index in [1.165, 1.54) is 39.0 Å². The number of benzene rings is 2. The van der Waals surface area contributed by atoms with Crippen molar-refractivity contribution in [2.75, 3.05) is 27.9 Å². The van der Waals surface area contributed by atoms with E-state index in [-0.39, 0.29) is 12.2 Å². The van der Waals surface area contributed by atoms with E-state index < -0.39 is 11.8 Å². The van der Waals surface area contributed by atoms with Gasteiger partial charge in [0.25, 0.3) is 11.8 Å². The topological polar surface area (TPSA) is 95.1 Å². The quantitative estimate of drug-likeness (QED) is 0.610. The number of rotatable bonds is 9. The van der Waals surface area contributed by atoms with Crippen molar-refractivity contribution >= 4 is 11.8 Å². The molecule has 8 nitrogen and oxygen atoms in total. The number of hydrogen-bond donors (Lipinski definition) is 2. The molecule has 0 aliphatic carbocycles. The summed E-state index contributed by atoms with van der Waals surface area (Å²) in [6.07, 6.45) is 1.05. The fourth-order valence-corrected chi connectivity index (χ4v) is 2.72. The number of amides is 2. The second-order valence-electron chi connectivity index (χ2n) is 6.58. The van der Waals surface area contributed by atoms with E-state index in [0.29, 0.717) is 28.9 Å². The predicted octanol–water partition coefficient (Wildman–Crippen LogP) is 3.07. The van der Waals surface area contributed by atoms with Gasteiger partial charge in [-0.1, -0.05) is 26.0 Å². The van der Waals surface area contributed by atoms with Gasteiger partial charge in [-0.05, 0) is 42.2 Å². The summed E-state index contributed by atoms with van der Waals surface area (Å²) in [4.78, 5) is 24.4.